The second-order valence-electron chi connectivity index (χ2n) is 4.52. The van der Waals surface area contributed by atoms with E-state index in [9.17, 15) is 5.11 Å². The van der Waals surface area contributed by atoms with E-state index in [1.807, 2.05) is 13.8 Å². The van der Waals surface area contributed by atoms with E-state index in [1.165, 1.54) is 6.42 Å². The zero-order chi connectivity index (χ0) is 9.95. The molecular formula is C10H21NO2. The molecule has 1 aliphatic rings. The van der Waals surface area contributed by atoms with Gasteiger partial charge in [-0.25, -0.2) is 0 Å². The lowest BCUT2D eigenvalue weighted by molar-refractivity contribution is -0.119. The Morgan fingerprint density at radius 1 is 1.23 bits per heavy atom. The Balaban J connectivity index is 2.64. The quantitative estimate of drug-likeness (QED) is 0.660. The van der Waals surface area contributed by atoms with Crippen LogP contribution < -0.4 is 5.48 Å². The van der Waals surface area contributed by atoms with Crippen LogP contribution in [0.2, 0.25) is 0 Å². The summed E-state index contributed by atoms with van der Waals surface area (Å²) in [6.45, 7) is 3.98. The molecule has 0 atom stereocenters. The summed E-state index contributed by atoms with van der Waals surface area (Å²) in [6, 6.07) is 0. The first-order valence-corrected chi connectivity index (χ1v) is 5.04. The van der Waals surface area contributed by atoms with Crippen molar-refractivity contribution in [3.05, 3.63) is 0 Å². The third kappa shape index (κ3) is 2.22. The van der Waals surface area contributed by atoms with Gasteiger partial charge in [0.25, 0.3) is 0 Å². The largest absolute Gasteiger partial charge is 0.388 e. The van der Waals surface area contributed by atoms with E-state index in [-0.39, 0.29) is 5.54 Å². The van der Waals surface area contributed by atoms with Crippen molar-refractivity contribution in [2.45, 2.75) is 57.1 Å². The zero-order valence-corrected chi connectivity index (χ0v) is 8.89. The zero-order valence-electron chi connectivity index (χ0n) is 8.89. The molecule has 0 amide bonds. The second kappa shape index (κ2) is 3.95. The minimum absolute atomic E-state index is 0.359. The van der Waals surface area contributed by atoms with Gasteiger partial charge < -0.3 is 9.94 Å². The molecular weight excluding hydrogens is 166 g/mol. The average Bonchev–Trinajstić information content (AvgIpc) is 2.05. The van der Waals surface area contributed by atoms with Gasteiger partial charge >= 0.3 is 0 Å². The molecule has 2 N–H and O–H groups in total. The highest BCUT2D eigenvalue weighted by atomic mass is 16.6. The van der Waals surface area contributed by atoms with Gasteiger partial charge in [0.2, 0.25) is 0 Å². The Kier molecular flexibility index (Phi) is 3.33. The highest BCUT2D eigenvalue weighted by Crippen LogP contribution is 2.36. The van der Waals surface area contributed by atoms with Crippen LogP contribution in [-0.4, -0.2) is 23.4 Å². The van der Waals surface area contributed by atoms with E-state index in [0.29, 0.717) is 0 Å². The van der Waals surface area contributed by atoms with Crippen LogP contribution in [0.15, 0.2) is 0 Å². The molecule has 0 heterocycles. The van der Waals surface area contributed by atoms with Gasteiger partial charge in [-0.15, -0.1) is 0 Å². The van der Waals surface area contributed by atoms with Gasteiger partial charge in [-0.05, 0) is 26.7 Å². The maximum Gasteiger partial charge on any atom is 0.0845 e. The van der Waals surface area contributed by atoms with Gasteiger partial charge in [-0.2, -0.15) is 5.48 Å². The maximum absolute atomic E-state index is 10.4. The van der Waals surface area contributed by atoms with Crippen molar-refractivity contribution in [3.8, 4) is 0 Å². The third-order valence-corrected chi connectivity index (χ3v) is 3.20. The van der Waals surface area contributed by atoms with Crippen LogP contribution in [0.25, 0.3) is 0 Å². The molecule has 0 unspecified atom stereocenters. The van der Waals surface area contributed by atoms with Gasteiger partial charge in [-0.1, -0.05) is 19.3 Å². The van der Waals surface area contributed by atoms with Crippen molar-refractivity contribution in [2.75, 3.05) is 7.11 Å². The van der Waals surface area contributed by atoms with E-state index >= 15 is 0 Å². The molecule has 0 aromatic heterocycles. The molecule has 1 saturated carbocycles. The minimum Gasteiger partial charge on any atom is -0.388 e. The smallest absolute Gasteiger partial charge is 0.0845 e. The van der Waals surface area contributed by atoms with Gasteiger partial charge in [0, 0.05) is 0 Å². The molecule has 1 fully saturated rings. The van der Waals surface area contributed by atoms with Crippen LogP contribution in [0.5, 0.6) is 0 Å². The van der Waals surface area contributed by atoms with Crippen molar-refractivity contribution in [2.24, 2.45) is 0 Å². The number of aliphatic hydroxyl groups is 1. The topological polar surface area (TPSA) is 41.5 Å². The monoisotopic (exact) mass is 187 g/mol. The molecule has 3 nitrogen and oxygen atoms in total. The lowest BCUT2D eigenvalue weighted by Gasteiger charge is -2.44. The van der Waals surface area contributed by atoms with E-state index in [4.69, 9.17) is 4.84 Å². The first-order chi connectivity index (χ1) is 6.02. The summed E-state index contributed by atoms with van der Waals surface area (Å²) in [5.41, 5.74) is 1.91. The fourth-order valence-corrected chi connectivity index (χ4v) is 2.11. The summed E-state index contributed by atoms with van der Waals surface area (Å²) in [4.78, 5) is 4.92. The summed E-state index contributed by atoms with van der Waals surface area (Å²) < 4.78 is 0. The fourth-order valence-electron chi connectivity index (χ4n) is 2.11. The lowest BCUT2D eigenvalue weighted by atomic mass is 9.73. The van der Waals surface area contributed by atoms with E-state index in [0.717, 1.165) is 25.7 Å². The number of nitrogens with one attached hydrogen (secondary N) is 1. The fraction of sp³-hybridized carbons (Fsp3) is 1.00. The summed E-state index contributed by atoms with van der Waals surface area (Å²) in [7, 11) is 1.59. The summed E-state index contributed by atoms with van der Waals surface area (Å²) in [6.07, 6.45) is 5.22. The minimum atomic E-state index is -0.610. The standard InChI is InChI=1S/C10H21NO2/c1-9(2,11-13-3)10(12)7-5-4-6-8-10/h11-12H,4-8H2,1-3H3. The summed E-state index contributed by atoms with van der Waals surface area (Å²) >= 11 is 0. The number of rotatable bonds is 3. The normalized spacial score (nSPS) is 23.1. The summed E-state index contributed by atoms with van der Waals surface area (Å²) in [5.74, 6) is 0. The number of hydrogen-bond acceptors (Lipinski definition) is 3. The van der Waals surface area contributed by atoms with Crippen LogP contribution in [-0.2, 0) is 4.84 Å². The van der Waals surface area contributed by atoms with Crippen molar-refractivity contribution >= 4 is 0 Å². The molecule has 1 rings (SSSR count). The predicted molar refractivity (Wildman–Crippen MR) is 52.3 cm³/mol. The van der Waals surface area contributed by atoms with Crippen LogP contribution in [0.3, 0.4) is 0 Å². The van der Waals surface area contributed by atoms with Crippen molar-refractivity contribution < 1.29 is 9.94 Å². The molecule has 13 heavy (non-hydrogen) atoms. The molecule has 0 bridgehead atoms. The van der Waals surface area contributed by atoms with Crippen LogP contribution in [0.4, 0.5) is 0 Å². The Morgan fingerprint density at radius 3 is 2.23 bits per heavy atom. The second-order valence-corrected chi connectivity index (χ2v) is 4.52. The van der Waals surface area contributed by atoms with E-state index in [1.54, 1.807) is 7.11 Å². The predicted octanol–water partition coefficient (Wildman–Crippen LogP) is 1.61. The molecule has 0 radical (unpaired) electrons. The van der Waals surface area contributed by atoms with Gasteiger partial charge in [-0.3, -0.25) is 0 Å². The van der Waals surface area contributed by atoms with Gasteiger partial charge in [0.1, 0.15) is 0 Å². The average molecular weight is 187 g/mol. The van der Waals surface area contributed by atoms with Gasteiger partial charge in [0.05, 0.1) is 18.2 Å². The molecule has 0 aromatic carbocycles. The molecule has 1 aliphatic carbocycles. The Hall–Kier alpha value is -0.120. The van der Waals surface area contributed by atoms with Crippen LogP contribution >= 0.6 is 0 Å². The highest BCUT2D eigenvalue weighted by molar-refractivity contribution is 4.99. The third-order valence-electron chi connectivity index (χ3n) is 3.20. The molecule has 0 saturated heterocycles. The molecule has 0 spiro atoms. The van der Waals surface area contributed by atoms with Crippen LogP contribution in [0, 0.1) is 0 Å². The molecule has 78 valence electrons. The molecule has 0 aromatic rings. The SMILES string of the molecule is CONC(C)(C)C1(O)CCCCC1. The molecule has 3 heteroatoms. The van der Waals surface area contributed by atoms with Crippen LogP contribution in [0.1, 0.15) is 46.0 Å². The molecule has 0 aliphatic heterocycles. The Morgan fingerprint density at radius 2 is 1.77 bits per heavy atom. The Bertz CT molecular complexity index is 162. The van der Waals surface area contributed by atoms with Crippen molar-refractivity contribution in [1.29, 1.82) is 0 Å². The van der Waals surface area contributed by atoms with E-state index < -0.39 is 5.60 Å². The Labute approximate surface area is 80.4 Å². The maximum atomic E-state index is 10.4. The van der Waals surface area contributed by atoms with E-state index in [2.05, 4.69) is 5.48 Å². The lowest BCUT2D eigenvalue weighted by Crippen LogP contribution is -2.59. The van der Waals surface area contributed by atoms with Crippen molar-refractivity contribution in [1.82, 2.24) is 5.48 Å². The first-order valence-electron chi connectivity index (χ1n) is 5.04. The number of hydroxylamine groups is 1. The summed E-state index contributed by atoms with van der Waals surface area (Å²) in [5, 5.41) is 10.4. The number of hydrogen-bond donors (Lipinski definition) is 2. The van der Waals surface area contributed by atoms with Gasteiger partial charge in [0.15, 0.2) is 0 Å². The highest BCUT2D eigenvalue weighted by Gasteiger charge is 2.44. The van der Waals surface area contributed by atoms with Crippen molar-refractivity contribution in [3.63, 3.8) is 0 Å². The first kappa shape index (κ1) is 11.0.